The van der Waals surface area contributed by atoms with E-state index in [1.54, 1.807) is 36.0 Å². The first-order valence-electron chi connectivity index (χ1n) is 7.81. The number of benzene rings is 2. The molecular formula is C18H22N2O3S2. The molecule has 0 radical (unpaired) electrons. The van der Waals surface area contributed by atoms with Crippen molar-refractivity contribution in [1.82, 2.24) is 0 Å². The van der Waals surface area contributed by atoms with Crippen LogP contribution in [0.4, 0.5) is 11.4 Å². The molecule has 2 aromatic rings. The van der Waals surface area contributed by atoms with E-state index in [-0.39, 0.29) is 5.91 Å². The molecule has 0 saturated heterocycles. The maximum atomic E-state index is 12.1. The van der Waals surface area contributed by atoms with E-state index in [1.165, 1.54) is 11.1 Å². The van der Waals surface area contributed by atoms with Gasteiger partial charge in [0.25, 0.3) is 0 Å². The molecule has 0 fully saturated rings. The van der Waals surface area contributed by atoms with E-state index in [4.69, 9.17) is 0 Å². The highest BCUT2D eigenvalue weighted by Gasteiger charge is 2.10. The van der Waals surface area contributed by atoms with Crippen LogP contribution in [0.1, 0.15) is 17.5 Å². The van der Waals surface area contributed by atoms with Gasteiger partial charge < -0.3 is 5.32 Å². The van der Waals surface area contributed by atoms with Gasteiger partial charge in [-0.05, 0) is 49.2 Å². The van der Waals surface area contributed by atoms with Crippen LogP contribution in [0.3, 0.4) is 0 Å². The summed E-state index contributed by atoms with van der Waals surface area (Å²) in [6, 6.07) is 13.0. The quantitative estimate of drug-likeness (QED) is 0.719. The molecule has 0 unspecified atom stereocenters. The van der Waals surface area contributed by atoms with E-state index < -0.39 is 10.0 Å². The molecular weight excluding hydrogens is 356 g/mol. The summed E-state index contributed by atoms with van der Waals surface area (Å²) in [6.07, 6.45) is 1.41. The maximum absolute atomic E-state index is 12.1. The van der Waals surface area contributed by atoms with Crippen LogP contribution in [0, 0.1) is 13.8 Å². The molecule has 0 aliphatic rings. The fourth-order valence-electron chi connectivity index (χ4n) is 2.16. The van der Waals surface area contributed by atoms with E-state index in [2.05, 4.69) is 42.1 Å². The van der Waals surface area contributed by atoms with Gasteiger partial charge in [-0.1, -0.05) is 18.2 Å². The Bertz CT molecular complexity index is 864. The predicted octanol–water partition coefficient (Wildman–Crippen LogP) is 3.80. The Morgan fingerprint density at radius 3 is 2.36 bits per heavy atom. The highest BCUT2D eigenvalue weighted by molar-refractivity contribution is 7.99. The Kier molecular flexibility index (Phi) is 6.50. The number of nitrogens with one attached hydrogen (secondary N) is 2. The molecule has 2 rings (SSSR count). The number of carbonyl (C=O) groups is 1. The summed E-state index contributed by atoms with van der Waals surface area (Å²) in [7, 11) is -3.40. The van der Waals surface area contributed by atoms with E-state index in [1.807, 2.05) is 0 Å². The first kappa shape index (κ1) is 19.3. The van der Waals surface area contributed by atoms with Crippen molar-refractivity contribution < 1.29 is 13.2 Å². The number of rotatable bonds is 7. The van der Waals surface area contributed by atoms with Crippen LogP contribution in [0.25, 0.3) is 0 Å². The largest absolute Gasteiger partial charge is 0.324 e. The first-order valence-corrected chi connectivity index (χ1v) is 10.7. The molecule has 0 saturated carbocycles. The minimum absolute atomic E-state index is 0.154. The SMILES string of the molecule is Cc1ccc(SCCC(=O)Nc2ccccc2NS(C)(=O)=O)cc1C. The third-order valence-corrected chi connectivity index (χ3v) is 5.16. The molecule has 0 atom stereocenters. The van der Waals surface area contributed by atoms with Crippen LogP contribution in [-0.4, -0.2) is 26.3 Å². The van der Waals surface area contributed by atoms with E-state index in [0.717, 1.165) is 11.2 Å². The van der Waals surface area contributed by atoms with E-state index in [0.29, 0.717) is 23.5 Å². The summed E-state index contributed by atoms with van der Waals surface area (Å²) in [6.45, 7) is 4.14. The van der Waals surface area contributed by atoms with Gasteiger partial charge in [-0.15, -0.1) is 11.8 Å². The average Bonchev–Trinajstić information content (AvgIpc) is 2.51. The number of hydrogen-bond acceptors (Lipinski definition) is 4. The van der Waals surface area contributed by atoms with E-state index >= 15 is 0 Å². The average molecular weight is 379 g/mol. The third-order valence-electron chi connectivity index (χ3n) is 3.57. The van der Waals surface area contributed by atoms with Gasteiger partial charge in [0.05, 0.1) is 17.6 Å². The Labute approximate surface area is 153 Å². The number of amides is 1. The maximum Gasteiger partial charge on any atom is 0.229 e. The molecule has 5 nitrogen and oxygen atoms in total. The molecule has 1 amide bonds. The fourth-order valence-corrected chi connectivity index (χ4v) is 3.68. The second kappa shape index (κ2) is 8.40. The number of anilines is 2. The van der Waals surface area contributed by atoms with Crippen molar-refractivity contribution in [2.45, 2.75) is 25.2 Å². The minimum Gasteiger partial charge on any atom is -0.324 e. The zero-order valence-electron chi connectivity index (χ0n) is 14.5. The monoisotopic (exact) mass is 378 g/mol. The molecule has 0 aromatic heterocycles. The minimum atomic E-state index is -3.40. The summed E-state index contributed by atoms with van der Waals surface area (Å²) in [5.74, 6) is 0.495. The van der Waals surface area contributed by atoms with Gasteiger partial charge >= 0.3 is 0 Å². The predicted molar refractivity (Wildman–Crippen MR) is 105 cm³/mol. The van der Waals surface area contributed by atoms with Crippen LogP contribution in [0.5, 0.6) is 0 Å². The standard InChI is InChI=1S/C18H22N2O3S2/c1-13-8-9-15(12-14(13)2)24-11-10-18(21)19-16-6-4-5-7-17(16)20-25(3,22)23/h4-9,12,20H,10-11H2,1-3H3,(H,19,21). The molecule has 25 heavy (non-hydrogen) atoms. The first-order chi connectivity index (χ1) is 11.7. The van der Waals surface area contributed by atoms with Crippen LogP contribution in [0.15, 0.2) is 47.4 Å². The van der Waals surface area contributed by atoms with Crippen molar-refractivity contribution in [3.8, 4) is 0 Å². The van der Waals surface area contributed by atoms with Crippen molar-refractivity contribution in [2.24, 2.45) is 0 Å². The Morgan fingerprint density at radius 2 is 1.72 bits per heavy atom. The highest BCUT2D eigenvalue weighted by Crippen LogP contribution is 2.24. The summed E-state index contributed by atoms with van der Waals surface area (Å²) in [5.41, 5.74) is 3.29. The Balaban J connectivity index is 1.91. The fraction of sp³-hybridized carbons (Fsp3) is 0.278. The number of thioether (sulfide) groups is 1. The van der Waals surface area contributed by atoms with Gasteiger partial charge in [-0.3, -0.25) is 9.52 Å². The van der Waals surface area contributed by atoms with Crippen LogP contribution in [0.2, 0.25) is 0 Å². The zero-order valence-corrected chi connectivity index (χ0v) is 16.1. The Hall–Kier alpha value is -1.99. The van der Waals surface area contributed by atoms with Gasteiger partial charge in [-0.25, -0.2) is 8.42 Å². The molecule has 0 heterocycles. The summed E-state index contributed by atoms with van der Waals surface area (Å²) >= 11 is 1.62. The molecule has 134 valence electrons. The number of aryl methyl sites for hydroxylation is 2. The smallest absolute Gasteiger partial charge is 0.229 e. The zero-order chi connectivity index (χ0) is 18.4. The Morgan fingerprint density at radius 1 is 1.04 bits per heavy atom. The highest BCUT2D eigenvalue weighted by atomic mass is 32.2. The molecule has 0 spiro atoms. The summed E-state index contributed by atoms with van der Waals surface area (Å²) < 4.78 is 25.2. The van der Waals surface area contributed by atoms with Gasteiger partial charge in [0.15, 0.2) is 0 Å². The normalized spacial score (nSPS) is 11.2. The van der Waals surface area contributed by atoms with Gasteiger partial charge in [0.1, 0.15) is 0 Å². The number of para-hydroxylation sites is 2. The molecule has 0 aliphatic heterocycles. The topological polar surface area (TPSA) is 75.3 Å². The third kappa shape index (κ3) is 6.43. The molecule has 0 aliphatic carbocycles. The second-order valence-electron chi connectivity index (χ2n) is 5.81. The van der Waals surface area contributed by atoms with Crippen molar-refractivity contribution in [2.75, 3.05) is 22.0 Å². The molecule has 7 heteroatoms. The molecule has 0 bridgehead atoms. The van der Waals surface area contributed by atoms with Crippen LogP contribution >= 0.6 is 11.8 Å². The van der Waals surface area contributed by atoms with Crippen molar-refractivity contribution in [3.05, 3.63) is 53.6 Å². The lowest BCUT2D eigenvalue weighted by molar-refractivity contribution is -0.115. The molecule has 2 N–H and O–H groups in total. The van der Waals surface area contributed by atoms with Gasteiger partial charge in [0.2, 0.25) is 15.9 Å². The summed E-state index contributed by atoms with van der Waals surface area (Å²) in [5, 5.41) is 2.76. The van der Waals surface area contributed by atoms with Crippen molar-refractivity contribution in [3.63, 3.8) is 0 Å². The van der Waals surface area contributed by atoms with Crippen LogP contribution in [-0.2, 0) is 14.8 Å². The van der Waals surface area contributed by atoms with Crippen molar-refractivity contribution >= 4 is 39.1 Å². The lowest BCUT2D eigenvalue weighted by Gasteiger charge is -2.12. The van der Waals surface area contributed by atoms with Crippen LogP contribution < -0.4 is 10.0 Å². The van der Waals surface area contributed by atoms with E-state index in [9.17, 15) is 13.2 Å². The lowest BCUT2D eigenvalue weighted by Crippen LogP contribution is -2.16. The molecule has 2 aromatic carbocycles. The van der Waals surface area contributed by atoms with Crippen molar-refractivity contribution in [1.29, 1.82) is 0 Å². The van der Waals surface area contributed by atoms with Gasteiger partial charge in [0, 0.05) is 17.1 Å². The van der Waals surface area contributed by atoms with Gasteiger partial charge in [-0.2, -0.15) is 0 Å². The number of carbonyl (C=O) groups excluding carboxylic acids is 1. The number of sulfonamides is 1. The second-order valence-corrected chi connectivity index (χ2v) is 8.73. The summed E-state index contributed by atoms with van der Waals surface area (Å²) in [4.78, 5) is 13.3. The number of hydrogen-bond donors (Lipinski definition) is 2. The lowest BCUT2D eigenvalue weighted by atomic mass is 10.1.